The van der Waals surface area contributed by atoms with E-state index in [0.717, 1.165) is 0 Å². The summed E-state index contributed by atoms with van der Waals surface area (Å²) in [5, 5.41) is 0. The second kappa shape index (κ2) is 8.20. The van der Waals surface area contributed by atoms with E-state index in [-0.39, 0.29) is 0 Å². The Morgan fingerprint density at radius 2 is 1.85 bits per heavy atom. The zero-order valence-electron chi connectivity index (χ0n) is 7.06. The molecule has 0 aromatic rings. The summed E-state index contributed by atoms with van der Waals surface area (Å²) in [5.74, 6) is 0. The molecule has 13 heavy (non-hydrogen) atoms. The summed E-state index contributed by atoms with van der Waals surface area (Å²) in [5.41, 5.74) is 0. The van der Waals surface area contributed by atoms with Gasteiger partial charge in [-0.2, -0.15) is 0 Å². The maximum atomic E-state index is 5.10. The Hall–Kier alpha value is 0.869. The van der Waals surface area contributed by atoms with Crippen LogP contribution in [-0.4, -0.2) is 35.6 Å². The van der Waals surface area contributed by atoms with Gasteiger partial charge in [0.25, 0.3) is 0 Å². The van der Waals surface area contributed by atoms with Crippen molar-refractivity contribution in [2.24, 2.45) is 0 Å². The van der Waals surface area contributed by atoms with E-state index in [9.17, 15) is 0 Å². The van der Waals surface area contributed by atoms with Gasteiger partial charge in [0, 0.05) is 0 Å². The number of ether oxygens (including phenoxy) is 2. The van der Waals surface area contributed by atoms with Crippen molar-refractivity contribution in [3.8, 4) is 0 Å². The van der Waals surface area contributed by atoms with Crippen molar-refractivity contribution >= 4 is 75.0 Å². The Morgan fingerprint density at radius 1 is 1.31 bits per heavy atom. The van der Waals surface area contributed by atoms with Crippen LogP contribution in [0, 0.1) is 0 Å². The quantitative estimate of drug-likeness (QED) is 0.439. The Labute approximate surface area is 104 Å². The second-order valence-electron chi connectivity index (χ2n) is 1.69. The van der Waals surface area contributed by atoms with Gasteiger partial charge in [-0.15, -0.1) is 0 Å². The van der Waals surface area contributed by atoms with E-state index < -0.39 is 0 Å². The Balaban J connectivity index is 3.58. The zero-order valence-corrected chi connectivity index (χ0v) is 12.0. The van der Waals surface area contributed by atoms with Crippen LogP contribution in [0.4, 0.5) is 0 Å². The van der Waals surface area contributed by atoms with Crippen molar-refractivity contribution in [2.45, 2.75) is 13.8 Å². The van der Waals surface area contributed by atoms with E-state index in [1.807, 2.05) is 6.92 Å². The van der Waals surface area contributed by atoms with E-state index in [1.165, 1.54) is 21.6 Å². The summed E-state index contributed by atoms with van der Waals surface area (Å²) in [6.45, 7) is 4.25. The van der Waals surface area contributed by atoms with Gasteiger partial charge >= 0.3 is 105 Å². The molecule has 0 saturated heterocycles. The molecule has 0 atom stereocenters. The Bertz CT molecular complexity index is 219. The number of hydrogen-bond acceptors (Lipinski definition) is 6. The van der Waals surface area contributed by atoms with E-state index in [1.54, 1.807) is 6.92 Å². The van der Waals surface area contributed by atoms with Crippen LogP contribution in [0.1, 0.15) is 13.8 Å². The van der Waals surface area contributed by atoms with Gasteiger partial charge in [-0.05, 0) is 0 Å². The molecule has 2 nitrogen and oxygen atoms in total. The van der Waals surface area contributed by atoms with Gasteiger partial charge in [-0.25, -0.2) is 0 Å². The molecule has 0 saturated carbocycles. The standard InChI is InChI=1S/C6H8O2S4Se/c1-3-7-5(9)11-12-6(10)8-4(2)13/h3H2,1-2H3. The van der Waals surface area contributed by atoms with Crippen molar-refractivity contribution in [1.82, 2.24) is 0 Å². The van der Waals surface area contributed by atoms with Crippen LogP contribution >= 0.6 is 46.0 Å². The van der Waals surface area contributed by atoms with Crippen molar-refractivity contribution in [3.63, 3.8) is 0 Å². The average Bonchev–Trinajstić information content (AvgIpc) is 2.00. The van der Waals surface area contributed by atoms with Crippen molar-refractivity contribution in [2.75, 3.05) is 6.61 Å². The molecule has 0 rings (SSSR count). The predicted octanol–water partition coefficient (Wildman–Crippen LogP) is 2.31. The molecule has 0 N–H and O–H groups in total. The minimum atomic E-state index is 0.420. The van der Waals surface area contributed by atoms with Crippen molar-refractivity contribution < 1.29 is 9.47 Å². The molecule has 0 spiro atoms. The molecule has 0 aromatic carbocycles. The van der Waals surface area contributed by atoms with E-state index in [0.29, 0.717) is 20.0 Å². The third-order valence-corrected chi connectivity index (χ3v) is 3.89. The summed E-state index contributed by atoms with van der Waals surface area (Å²) in [6.07, 6.45) is 0. The van der Waals surface area contributed by atoms with Gasteiger partial charge in [0.05, 0.1) is 0 Å². The molecule has 0 aliphatic carbocycles. The summed E-state index contributed by atoms with van der Waals surface area (Å²) >= 11 is 12.5. The molecular weight excluding hydrogens is 311 g/mol. The molecule has 0 fully saturated rings. The van der Waals surface area contributed by atoms with Crippen LogP contribution < -0.4 is 0 Å². The topological polar surface area (TPSA) is 18.5 Å². The van der Waals surface area contributed by atoms with Gasteiger partial charge in [0.2, 0.25) is 0 Å². The van der Waals surface area contributed by atoms with E-state index in [4.69, 9.17) is 33.9 Å². The first-order valence-corrected chi connectivity index (χ1v) is 7.12. The van der Waals surface area contributed by atoms with Crippen LogP contribution in [0.15, 0.2) is 0 Å². The fraction of sp³-hybridized carbons (Fsp3) is 0.500. The van der Waals surface area contributed by atoms with Gasteiger partial charge < -0.3 is 0 Å². The monoisotopic (exact) mass is 320 g/mol. The minimum absolute atomic E-state index is 0.420. The van der Waals surface area contributed by atoms with Crippen LogP contribution in [0.25, 0.3) is 0 Å². The normalized spacial score (nSPS) is 9.08. The summed E-state index contributed by atoms with van der Waals surface area (Å²) < 4.78 is 11.7. The van der Waals surface area contributed by atoms with E-state index >= 15 is 0 Å². The number of thiocarbonyl (C=S) groups is 2. The first-order chi connectivity index (χ1) is 6.06. The molecule has 7 heteroatoms. The molecule has 0 aliphatic heterocycles. The Kier molecular flexibility index (Phi) is 8.75. The van der Waals surface area contributed by atoms with Crippen LogP contribution in [-0.2, 0) is 9.47 Å². The summed E-state index contributed by atoms with van der Waals surface area (Å²) in [6, 6.07) is 0. The van der Waals surface area contributed by atoms with Gasteiger partial charge in [-0.3, -0.25) is 0 Å². The summed E-state index contributed by atoms with van der Waals surface area (Å²) in [4.78, 5) is 0. The molecule has 0 aliphatic rings. The van der Waals surface area contributed by atoms with Gasteiger partial charge in [0.1, 0.15) is 0 Å². The molecule has 0 amide bonds. The molecule has 0 radical (unpaired) electrons. The molecule has 74 valence electrons. The SMILES string of the molecule is CCOC(=S)SSC(=S)OC(C)=[Se]. The van der Waals surface area contributed by atoms with Gasteiger partial charge in [-0.1, -0.05) is 0 Å². The number of hydrogen-bond donors (Lipinski definition) is 0. The van der Waals surface area contributed by atoms with Crippen molar-refractivity contribution in [1.29, 1.82) is 0 Å². The fourth-order valence-electron chi connectivity index (χ4n) is 0.344. The Morgan fingerprint density at radius 3 is 2.31 bits per heavy atom. The number of rotatable bonds is 2. The van der Waals surface area contributed by atoms with Crippen LogP contribution in [0.2, 0.25) is 0 Å². The van der Waals surface area contributed by atoms with Crippen LogP contribution in [0.3, 0.4) is 0 Å². The van der Waals surface area contributed by atoms with Crippen LogP contribution in [0.5, 0.6) is 0 Å². The third-order valence-electron chi connectivity index (χ3n) is 0.667. The van der Waals surface area contributed by atoms with E-state index in [2.05, 4.69) is 15.6 Å². The first kappa shape index (κ1) is 13.9. The second-order valence-corrected chi connectivity index (χ2v) is 6.23. The molecule has 0 bridgehead atoms. The summed E-state index contributed by atoms with van der Waals surface area (Å²) in [7, 11) is 2.56. The van der Waals surface area contributed by atoms with Crippen molar-refractivity contribution in [3.05, 3.63) is 0 Å². The maximum absolute atomic E-state index is 5.10. The first-order valence-electron chi connectivity index (χ1n) is 3.30. The molecule has 0 aromatic heterocycles. The third kappa shape index (κ3) is 9.18. The van der Waals surface area contributed by atoms with Gasteiger partial charge in [0.15, 0.2) is 0 Å². The fourth-order valence-corrected chi connectivity index (χ4v) is 2.73. The zero-order chi connectivity index (χ0) is 10.3. The molecule has 0 unspecified atom stereocenters. The average molecular weight is 319 g/mol. The predicted molar refractivity (Wildman–Crippen MR) is 69.5 cm³/mol. The molecule has 0 heterocycles. The molecular formula is C6H8O2S4Se.